The minimum absolute atomic E-state index is 0.146. The average Bonchev–Trinajstić information content (AvgIpc) is 3.43. The van der Waals surface area contributed by atoms with Crippen LogP contribution in [0, 0.1) is 0 Å². The van der Waals surface area contributed by atoms with Crippen molar-refractivity contribution in [2.24, 2.45) is 0 Å². The Labute approximate surface area is 208 Å². The maximum absolute atomic E-state index is 13.2. The fraction of sp³-hybridized carbons (Fsp3) is 0.130. The van der Waals surface area contributed by atoms with Crippen LogP contribution < -0.4 is 19.3 Å². The van der Waals surface area contributed by atoms with Gasteiger partial charge in [-0.1, -0.05) is 0 Å². The summed E-state index contributed by atoms with van der Waals surface area (Å²) in [7, 11) is 0. The van der Waals surface area contributed by atoms with Crippen LogP contribution in [0.25, 0.3) is 11.0 Å². The number of aromatic nitrogens is 3. The summed E-state index contributed by atoms with van der Waals surface area (Å²) in [4.78, 5) is 37.2. The van der Waals surface area contributed by atoms with Gasteiger partial charge in [0.2, 0.25) is 0 Å². The van der Waals surface area contributed by atoms with Crippen molar-refractivity contribution in [1.29, 1.82) is 0 Å². The number of H-pyrrole nitrogens is 1. The van der Waals surface area contributed by atoms with Crippen molar-refractivity contribution in [3.05, 3.63) is 66.7 Å². The Morgan fingerprint density at radius 2 is 1.68 bits per heavy atom. The molecule has 3 aromatic heterocycles. The van der Waals surface area contributed by atoms with Gasteiger partial charge < -0.3 is 14.5 Å². The summed E-state index contributed by atoms with van der Waals surface area (Å²) in [5.41, 5.74) is -1.38. The lowest BCUT2D eigenvalue weighted by Gasteiger charge is -2.20. The van der Waals surface area contributed by atoms with Crippen LogP contribution in [0.15, 0.2) is 61.2 Å². The molecule has 1 aliphatic heterocycles. The SMILES string of the molecule is O=C1CN(c2cncc(C(F)(F)F)c2)C(=O)N1c1ccc(Oc2ccnc3[nH]ccc23)c(OC(F)(F)F)c1. The van der Waals surface area contributed by atoms with Gasteiger partial charge in [-0.15, -0.1) is 13.2 Å². The van der Waals surface area contributed by atoms with Crippen LogP contribution in [-0.2, 0) is 11.0 Å². The van der Waals surface area contributed by atoms with Gasteiger partial charge in [0.05, 0.1) is 28.5 Å². The molecule has 0 unspecified atom stereocenters. The zero-order chi connectivity index (χ0) is 27.2. The molecule has 1 aliphatic rings. The molecule has 3 amide bonds. The van der Waals surface area contributed by atoms with E-state index >= 15 is 0 Å². The number of halogens is 6. The van der Waals surface area contributed by atoms with E-state index in [1.54, 1.807) is 12.3 Å². The van der Waals surface area contributed by atoms with Crippen LogP contribution >= 0.6 is 0 Å². The lowest BCUT2D eigenvalue weighted by Crippen LogP contribution is -2.33. The molecule has 0 atom stereocenters. The number of hydrogen-bond acceptors (Lipinski definition) is 6. The first kappa shape index (κ1) is 24.9. The van der Waals surface area contributed by atoms with E-state index in [1.165, 1.54) is 12.3 Å². The molecule has 1 aromatic carbocycles. The highest BCUT2D eigenvalue weighted by Gasteiger charge is 2.40. The minimum atomic E-state index is -5.16. The van der Waals surface area contributed by atoms with E-state index in [2.05, 4.69) is 19.7 Å². The summed E-state index contributed by atoms with van der Waals surface area (Å²) in [6, 6.07) is 5.51. The normalized spacial score (nSPS) is 14.5. The van der Waals surface area contributed by atoms with Crippen molar-refractivity contribution in [2.45, 2.75) is 12.5 Å². The highest BCUT2D eigenvalue weighted by atomic mass is 19.4. The maximum Gasteiger partial charge on any atom is 0.573 e. The molecule has 0 radical (unpaired) electrons. The summed E-state index contributed by atoms with van der Waals surface area (Å²) in [5.74, 6) is -2.01. The molecule has 15 heteroatoms. The number of anilines is 2. The van der Waals surface area contributed by atoms with Crippen molar-refractivity contribution in [3.63, 3.8) is 0 Å². The van der Waals surface area contributed by atoms with Crippen molar-refractivity contribution < 1.29 is 45.4 Å². The number of alkyl halides is 6. The number of aromatic amines is 1. The molecule has 9 nitrogen and oxygen atoms in total. The van der Waals surface area contributed by atoms with Crippen molar-refractivity contribution in [3.8, 4) is 17.2 Å². The summed E-state index contributed by atoms with van der Waals surface area (Å²) < 4.78 is 88.5. The van der Waals surface area contributed by atoms with Gasteiger partial charge in [0.25, 0.3) is 5.91 Å². The Hall–Kier alpha value is -4.82. The largest absolute Gasteiger partial charge is 0.573 e. The lowest BCUT2D eigenvalue weighted by atomic mass is 10.2. The van der Waals surface area contributed by atoms with Crippen molar-refractivity contribution >= 4 is 34.3 Å². The second kappa shape index (κ2) is 8.93. The summed E-state index contributed by atoms with van der Waals surface area (Å²) >= 11 is 0. The number of ether oxygens (including phenoxy) is 2. The van der Waals surface area contributed by atoms with Gasteiger partial charge in [0.15, 0.2) is 11.5 Å². The van der Waals surface area contributed by atoms with Crippen molar-refractivity contribution in [2.75, 3.05) is 16.3 Å². The monoisotopic (exact) mass is 537 g/mol. The van der Waals surface area contributed by atoms with Crippen LogP contribution in [-0.4, -0.2) is 39.8 Å². The van der Waals surface area contributed by atoms with Crippen molar-refractivity contribution in [1.82, 2.24) is 15.0 Å². The van der Waals surface area contributed by atoms with E-state index in [9.17, 15) is 35.9 Å². The zero-order valence-electron chi connectivity index (χ0n) is 18.7. The van der Waals surface area contributed by atoms with Crippen LogP contribution in [0.4, 0.5) is 42.5 Å². The number of hydrogen-bond donors (Lipinski definition) is 1. The lowest BCUT2D eigenvalue weighted by molar-refractivity contribution is -0.275. The van der Waals surface area contributed by atoms with Gasteiger partial charge in [-0.2, -0.15) is 13.2 Å². The standard InChI is InChI=1S/C23H13F6N5O4/c24-22(25,26)12-7-14(10-30-9-12)33-11-19(35)34(21(33)36)13-1-2-17(18(8-13)38-23(27,28)29)37-16-4-6-32-20-15(16)3-5-31-20/h1-10H,11H2,(H,31,32). The number of benzene rings is 1. The topological polar surface area (TPSA) is 101 Å². The highest BCUT2D eigenvalue weighted by molar-refractivity contribution is 6.27. The molecule has 5 rings (SSSR count). The molecule has 0 spiro atoms. The number of nitrogens with zero attached hydrogens (tertiary/aromatic N) is 4. The molecule has 0 saturated carbocycles. The fourth-order valence-corrected chi connectivity index (χ4v) is 3.76. The van der Waals surface area contributed by atoms with E-state index in [-0.39, 0.29) is 17.1 Å². The molecule has 1 fully saturated rings. The number of carbonyl (C=O) groups is 2. The molecule has 4 aromatic rings. The number of imide groups is 1. The first-order valence-corrected chi connectivity index (χ1v) is 10.6. The Kier molecular flexibility index (Phi) is 5.84. The number of carbonyl (C=O) groups excluding carboxylic acids is 2. The maximum atomic E-state index is 13.2. The van der Waals surface area contributed by atoms with E-state index in [1.807, 2.05) is 0 Å². The quantitative estimate of drug-likeness (QED) is 0.261. The van der Waals surface area contributed by atoms with Crippen LogP contribution in [0.2, 0.25) is 0 Å². The van der Waals surface area contributed by atoms with Gasteiger partial charge in [0, 0.05) is 24.7 Å². The molecule has 0 bridgehead atoms. The number of rotatable bonds is 5. The molecule has 38 heavy (non-hydrogen) atoms. The predicted octanol–water partition coefficient (Wildman–Crippen LogP) is 5.64. The number of amides is 3. The second-order valence-electron chi connectivity index (χ2n) is 7.86. The molecular weight excluding hydrogens is 524 g/mol. The number of fused-ring (bicyclic) bond motifs is 1. The van der Waals surface area contributed by atoms with Crippen LogP contribution in [0.5, 0.6) is 17.2 Å². The van der Waals surface area contributed by atoms with E-state index in [0.717, 1.165) is 29.3 Å². The van der Waals surface area contributed by atoms with Gasteiger partial charge >= 0.3 is 18.6 Å². The predicted molar refractivity (Wildman–Crippen MR) is 119 cm³/mol. The van der Waals surface area contributed by atoms with Crippen LogP contribution in [0.1, 0.15) is 5.56 Å². The van der Waals surface area contributed by atoms with Gasteiger partial charge in [-0.05, 0) is 30.3 Å². The van der Waals surface area contributed by atoms with E-state index in [4.69, 9.17) is 4.74 Å². The fourth-order valence-electron chi connectivity index (χ4n) is 3.76. The Morgan fingerprint density at radius 1 is 0.895 bits per heavy atom. The van der Waals surface area contributed by atoms with E-state index in [0.29, 0.717) is 28.2 Å². The molecular formula is C23H13F6N5O4. The summed E-state index contributed by atoms with van der Waals surface area (Å²) in [5, 5.41) is 0.463. The van der Waals surface area contributed by atoms with Gasteiger partial charge in [-0.3, -0.25) is 14.7 Å². The molecule has 0 aliphatic carbocycles. The molecule has 1 N–H and O–H groups in total. The van der Waals surface area contributed by atoms with E-state index < -0.39 is 48.1 Å². The van der Waals surface area contributed by atoms with Gasteiger partial charge in [0.1, 0.15) is 17.9 Å². The van der Waals surface area contributed by atoms with Crippen LogP contribution in [0.3, 0.4) is 0 Å². The third-order valence-electron chi connectivity index (χ3n) is 5.38. The summed E-state index contributed by atoms with van der Waals surface area (Å²) in [6.07, 6.45) is -5.49. The Balaban J connectivity index is 1.49. The molecule has 1 saturated heterocycles. The molecule has 4 heterocycles. The second-order valence-corrected chi connectivity index (χ2v) is 7.86. The third-order valence-corrected chi connectivity index (χ3v) is 5.38. The zero-order valence-corrected chi connectivity index (χ0v) is 18.7. The molecule has 196 valence electrons. The highest BCUT2D eigenvalue weighted by Crippen LogP contribution is 2.41. The number of nitrogens with one attached hydrogen (secondary N) is 1. The minimum Gasteiger partial charge on any atom is -0.453 e. The number of pyridine rings is 2. The smallest absolute Gasteiger partial charge is 0.453 e. The summed E-state index contributed by atoms with van der Waals surface area (Å²) in [6.45, 7) is -0.669. The van der Waals surface area contributed by atoms with Gasteiger partial charge in [-0.25, -0.2) is 14.7 Å². The third kappa shape index (κ3) is 4.77. The first-order valence-electron chi connectivity index (χ1n) is 10.6. The first-order chi connectivity index (χ1) is 17.9. The average molecular weight is 537 g/mol. The Bertz CT molecular complexity index is 1550. The number of urea groups is 1. The Morgan fingerprint density at radius 3 is 2.42 bits per heavy atom.